The van der Waals surface area contributed by atoms with Crippen LogP contribution < -0.4 is 0 Å². The number of aliphatic hydroxyl groups excluding tert-OH is 1. The first-order valence-corrected chi connectivity index (χ1v) is 12.7. The van der Waals surface area contributed by atoms with E-state index in [0.717, 1.165) is 38.5 Å². The fraction of sp³-hybridized carbons (Fsp3) is 0.852. The average molecular weight is 445 g/mol. The van der Waals surface area contributed by atoms with Crippen LogP contribution in [0.5, 0.6) is 0 Å². The standard InChI is InChI=1S/C27H40O5/c1-16(28)31-15-24(2)11-6-12-25(3)18(24)9-13-26(4)19-8-7-17-21(23(30)32-22(17)29)27(19,5)14-10-20(25)26/h7,18-21,23,30H,6,8-15H2,1-5H3/t18?,19?,20?,21-,23-,24+,25+,26+,27+/m1/s1. The van der Waals surface area contributed by atoms with E-state index in [4.69, 9.17) is 9.47 Å². The van der Waals surface area contributed by atoms with Crippen LogP contribution in [-0.2, 0) is 19.1 Å². The molecule has 9 atom stereocenters. The lowest BCUT2D eigenvalue weighted by Gasteiger charge is -2.69. The number of rotatable bonds is 2. The molecule has 32 heavy (non-hydrogen) atoms. The van der Waals surface area contributed by atoms with Crippen molar-refractivity contribution in [3.05, 3.63) is 11.6 Å². The van der Waals surface area contributed by atoms with Gasteiger partial charge in [-0.1, -0.05) is 40.2 Å². The van der Waals surface area contributed by atoms with Gasteiger partial charge in [0.1, 0.15) is 0 Å². The van der Waals surface area contributed by atoms with Gasteiger partial charge in [0.15, 0.2) is 0 Å². The normalized spacial score (nSPS) is 52.0. The molecule has 0 bridgehead atoms. The largest absolute Gasteiger partial charge is 0.465 e. The Bertz CT molecular complexity index is 864. The van der Waals surface area contributed by atoms with E-state index in [0.29, 0.717) is 29.9 Å². The van der Waals surface area contributed by atoms with Crippen molar-refractivity contribution >= 4 is 11.9 Å². The van der Waals surface area contributed by atoms with Crippen molar-refractivity contribution in [3.63, 3.8) is 0 Å². The van der Waals surface area contributed by atoms with Crippen molar-refractivity contribution in [2.24, 2.45) is 45.3 Å². The molecule has 1 heterocycles. The number of carbonyl (C=O) groups is 2. The maximum absolute atomic E-state index is 12.3. The Kier molecular flexibility index (Phi) is 4.96. The molecule has 1 aliphatic heterocycles. The van der Waals surface area contributed by atoms with Crippen LogP contribution in [0.4, 0.5) is 0 Å². The average Bonchev–Trinajstić information content (AvgIpc) is 3.00. The molecule has 0 spiro atoms. The molecule has 5 heteroatoms. The van der Waals surface area contributed by atoms with E-state index >= 15 is 0 Å². The quantitative estimate of drug-likeness (QED) is 0.606. The third-order valence-corrected chi connectivity index (χ3v) is 11.2. The Balaban J connectivity index is 1.49. The second-order valence-electron chi connectivity index (χ2n) is 12.7. The molecule has 0 amide bonds. The van der Waals surface area contributed by atoms with E-state index < -0.39 is 6.29 Å². The van der Waals surface area contributed by atoms with Crippen molar-refractivity contribution in [2.45, 2.75) is 92.3 Å². The van der Waals surface area contributed by atoms with Gasteiger partial charge >= 0.3 is 11.9 Å². The highest BCUT2D eigenvalue weighted by molar-refractivity contribution is 5.91. The molecule has 0 aromatic rings. The van der Waals surface area contributed by atoms with Crippen molar-refractivity contribution in [2.75, 3.05) is 6.61 Å². The number of hydrogen-bond donors (Lipinski definition) is 1. The second kappa shape index (κ2) is 7.07. The van der Waals surface area contributed by atoms with E-state index in [1.807, 2.05) is 0 Å². The van der Waals surface area contributed by atoms with Crippen molar-refractivity contribution < 1.29 is 24.2 Å². The van der Waals surface area contributed by atoms with Gasteiger partial charge in [-0.2, -0.15) is 0 Å². The van der Waals surface area contributed by atoms with E-state index in [1.54, 1.807) is 0 Å². The smallest absolute Gasteiger partial charge is 0.336 e. The van der Waals surface area contributed by atoms with E-state index in [9.17, 15) is 14.7 Å². The summed E-state index contributed by atoms with van der Waals surface area (Å²) in [7, 11) is 0. The van der Waals surface area contributed by atoms with Gasteiger partial charge in [-0.3, -0.25) is 4.79 Å². The van der Waals surface area contributed by atoms with Crippen LogP contribution in [0.3, 0.4) is 0 Å². The summed E-state index contributed by atoms with van der Waals surface area (Å²) in [6.07, 6.45) is 10.0. The van der Waals surface area contributed by atoms with Gasteiger partial charge in [0.2, 0.25) is 6.29 Å². The SMILES string of the molecule is CC(=O)OC[C@]1(C)CCC[C@@]2(C)C1CC[C@]1(C)C2CC[C@@]2(C)C1CC=C1C(=O)O[C@@H](O)[C@@H]12. The molecule has 1 N–H and O–H groups in total. The van der Waals surface area contributed by atoms with Gasteiger partial charge in [0.05, 0.1) is 12.5 Å². The molecule has 0 aromatic carbocycles. The van der Waals surface area contributed by atoms with Crippen molar-refractivity contribution in [3.8, 4) is 0 Å². The summed E-state index contributed by atoms with van der Waals surface area (Å²) in [5.74, 6) is 0.905. The minimum Gasteiger partial charge on any atom is -0.465 e. The zero-order valence-corrected chi connectivity index (χ0v) is 20.4. The number of cyclic esters (lactones) is 1. The molecule has 5 nitrogen and oxygen atoms in total. The maximum Gasteiger partial charge on any atom is 0.336 e. The lowest BCUT2D eigenvalue weighted by atomic mass is 9.35. The van der Waals surface area contributed by atoms with Crippen LogP contribution in [0.25, 0.3) is 0 Å². The van der Waals surface area contributed by atoms with Gasteiger partial charge in [-0.25, -0.2) is 4.79 Å². The molecular formula is C27H40O5. The highest BCUT2D eigenvalue weighted by atomic mass is 16.6. The molecule has 4 aliphatic carbocycles. The lowest BCUT2D eigenvalue weighted by Crippen LogP contribution is -2.63. The topological polar surface area (TPSA) is 72.8 Å². The summed E-state index contributed by atoms with van der Waals surface area (Å²) in [5.41, 5.74) is 1.05. The monoisotopic (exact) mass is 444 g/mol. The number of fused-ring (bicyclic) bond motifs is 7. The third kappa shape index (κ3) is 2.85. The Morgan fingerprint density at radius 3 is 2.41 bits per heavy atom. The van der Waals surface area contributed by atoms with Crippen LogP contribution in [0.2, 0.25) is 0 Å². The summed E-state index contributed by atoms with van der Waals surface area (Å²) in [5, 5.41) is 10.7. The highest BCUT2D eigenvalue weighted by Crippen LogP contribution is 2.73. The van der Waals surface area contributed by atoms with E-state index in [2.05, 4.69) is 33.8 Å². The predicted molar refractivity (Wildman–Crippen MR) is 120 cm³/mol. The molecule has 0 radical (unpaired) electrons. The van der Waals surface area contributed by atoms with Crippen LogP contribution >= 0.6 is 0 Å². The molecule has 178 valence electrons. The molecule has 4 fully saturated rings. The fourth-order valence-corrected chi connectivity index (χ4v) is 9.97. The van der Waals surface area contributed by atoms with Crippen LogP contribution in [-0.4, -0.2) is 29.9 Å². The van der Waals surface area contributed by atoms with Gasteiger partial charge in [0, 0.05) is 17.9 Å². The number of hydrogen-bond acceptors (Lipinski definition) is 5. The van der Waals surface area contributed by atoms with Gasteiger partial charge in [-0.15, -0.1) is 0 Å². The third-order valence-electron chi connectivity index (χ3n) is 11.2. The minimum atomic E-state index is -1.00. The Morgan fingerprint density at radius 2 is 1.69 bits per heavy atom. The van der Waals surface area contributed by atoms with Gasteiger partial charge < -0.3 is 14.6 Å². The zero-order chi connectivity index (χ0) is 23.1. The molecular weight excluding hydrogens is 404 g/mol. The first-order chi connectivity index (χ1) is 15.0. The van der Waals surface area contributed by atoms with E-state index in [-0.39, 0.29) is 39.5 Å². The van der Waals surface area contributed by atoms with Crippen LogP contribution in [0, 0.1) is 45.3 Å². The van der Waals surface area contributed by atoms with Crippen molar-refractivity contribution in [1.29, 1.82) is 0 Å². The molecule has 3 unspecified atom stereocenters. The van der Waals surface area contributed by atoms with Gasteiger partial charge in [0.25, 0.3) is 0 Å². The van der Waals surface area contributed by atoms with Gasteiger partial charge in [-0.05, 0) is 78.9 Å². The second-order valence-corrected chi connectivity index (χ2v) is 12.7. The summed E-state index contributed by atoms with van der Waals surface area (Å²) in [4.78, 5) is 23.9. The number of ether oxygens (including phenoxy) is 2. The maximum atomic E-state index is 12.3. The van der Waals surface area contributed by atoms with E-state index in [1.165, 1.54) is 19.8 Å². The minimum absolute atomic E-state index is 0.0439. The molecule has 1 saturated heterocycles. The number of esters is 2. The number of allylic oxidation sites excluding steroid dienone is 1. The summed E-state index contributed by atoms with van der Waals surface area (Å²) in [6.45, 7) is 11.7. The molecule has 3 saturated carbocycles. The first kappa shape index (κ1) is 22.4. The van der Waals surface area contributed by atoms with Crippen LogP contribution in [0.15, 0.2) is 11.6 Å². The summed E-state index contributed by atoms with van der Waals surface area (Å²) < 4.78 is 10.9. The fourth-order valence-electron chi connectivity index (χ4n) is 9.97. The van der Waals surface area contributed by atoms with Crippen molar-refractivity contribution in [1.82, 2.24) is 0 Å². The zero-order valence-electron chi connectivity index (χ0n) is 20.4. The summed E-state index contributed by atoms with van der Waals surface area (Å²) >= 11 is 0. The molecule has 5 rings (SSSR count). The lowest BCUT2D eigenvalue weighted by molar-refractivity contribution is -0.219. The predicted octanol–water partition coefficient (Wildman–Crippen LogP) is 5.02. The van der Waals surface area contributed by atoms with Crippen LogP contribution in [0.1, 0.15) is 86.0 Å². The number of carbonyl (C=O) groups excluding carboxylic acids is 2. The molecule has 5 aliphatic rings. The Labute approximate surface area is 192 Å². The first-order valence-electron chi connectivity index (χ1n) is 12.7. The highest BCUT2D eigenvalue weighted by Gasteiger charge is 2.68. The summed E-state index contributed by atoms with van der Waals surface area (Å²) in [6, 6.07) is 0. The Morgan fingerprint density at radius 1 is 1.03 bits per heavy atom. The number of aliphatic hydroxyl groups is 1. The Hall–Kier alpha value is -1.36. The molecule has 0 aromatic heterocycles.